The summed E-state index contributed by atoms with van der Waals surface area (Å²) in [6, 6.07) is 6.03. The van der Waals surface area contributed by atoms with Crippen LogP contribution in [0.3, 0.4) is 0 Å². The summed E-state index contributed by atoms with van der Waals surface area (Å²) in [5.41, 5.74) is -1.06. The van der Waals surface area contributed by atoms with Gasteiger partial charge in [0.15, 0.2) is 0 Å². The van der Waals surface area contributed by atoms with E-state index in [1.165, 1.54) is 18.2 Å². The molecule has 2 aromatic rings. The number of hydrogen-bond donors (Lipinski definition) is 6. The van der Waals surface area contributed by atoms with E-state index in [0.717, 1.165) is 6.20 Å². The number of ether oxygens (including phenoxy) is 1. The molecular weight excluding hydrogens is 508 g/mol. The molecule has 1 aliphatic heterocycles. The molecule has 0 saturated carbocycles. The molecule has 0 aliphatic carbocycles. The standard InChI is InChI=1S/C16H20N2O12S3/c19-7-11-13(20)14(21)15(22)16(29-11)31-12(17-30-33(26,27)28)5-8-6-18(32(23,24)25)10-4-2-1-3-9(8)10/h1-4,6,11,13-16,19-22H,5,7H2,(H,23,24,25)(H,26,27,28)/b17-12+. The molecule has 1 aliphatic rings. The SMILES string of the molecule is O=S(=O)(O)O/N=C(\Cc1cn(S(=O)(=O)O)c2ccccc12)SC1OC(CO)C(O)C(O)C1O. The van der Waals surface area contributed by atoms with E-state index < -0.39 is 57.2 Å². The second-order valence-electron chi connectivity index (χ2n) is 6.92. The van der Waals surface area contributed by atoms with E-state index in [1.54, 1.807) is 6.07 Å². The highest BCUT2D eigenvalue weighted by Crippen LogP contribution is 2.32. The van der Waals surface area contributed by atoms with Crippen molar-refractivity contribution in [2.45, 2.75) is 36.3 Å². The van der Waals surface area contributed by atoms with Gasteiger partial charge in [-0.1, -0.05) is 35.1 Å². The molecule has 1 aromatic carbocycles. The van der Waals surface area contributed by atoms with Gasteiger partial charge in [0.1, 0.15) is 34.9 Å². The predicted molar refractivity (Wildman–Crippen MR) is 114 cm³/mol. The maximum atomic E-state index is 11.7. The average Bonchev–Trinajstić information content (AvgIpc) is 3.11. The van der Waals surface area contributed by atoms with E-state index in [4.69, 9.17) is 9.29 Å². The zero-order valence-corrected chi connectivity index (χ0v) is 18.9. The van der Waals surface area contributed by atoms with Crippen LogP contribution in [0.25, 0.3) is 10.9 Å². The Kier molecular flexibility index (Phi) is 7.68. The summed E-state index contributed by atoms with van der Waals surface area (Å²) < 4.78 is 73.8. The molecule has 14 nitrogen and oxygen atoms in total. The third kappa shape index (κ3) is 6.01. The number of oxime groups is 1. The van der Waals surface area contributed by atoms with Gasteiger partial charge in [-0.15, -0.1) is 0 Å². The lowest BCUT2D eigenvalue weighted by Gasteiger charge is -2.39. The van der Waals surface area contributed by atoms with Gasteiger partial charge in [0, 0.05) is 18.0 Å². The van der Waals surface area contributed by atoms with Crippen LogP contribution in [0.5, 0.6) is 0 Å². The van der Waals surface area contributed by atoms with Crippen molar-refractivity contribution in [3.05, 3.63) is 36.0 Å². The number of fused-ring (bicyclic) bond motifs is 1. The van der Waals surface area contributed by atoms with Gasteiger partial charge >= 0.3 is 20.7 Å². The molecule has 0 bridgehead atoms. The normalized spacial score (nSPS) is 27.1. The molecular formula is C16H20N2O12S3. The number of nitrogens with zero attached hydrogens (tertiary/aromatic N) is 2. The summed E-state index contributed by atoms with van der Waals surface area (Å²) in [5, 5.41) is 42.8. The Bertz CT molecular complexity index is 1240. The molecule has 33 heavy (non-hydrogen) atoms. The average molecular weight is 529 g/mol. The maximum absolute atomic E-state index is 11.7. The van der Waals surface area contributed by atoms with Gasteiger partial charge in [0.2, 0.25) is 0 Å². The van der Waals surface area contributed by atoms with Crippen molar-refractivity contribution in [1.82, 2.24) is 3.97 Å². The first-order valence-corrected chi connectivity index (χ1v) is 12.7. The van der Waals surface area contributed by atoms with Crippen molar-refractivity contribution in [2.24, 2.45) is 5.16 Å². The van der Waals surface area contributed by atoms with Crippen LogP contribution in [0.1, 0.15) is 5.56 Å². The summed E-state index contributed by atoms with van der Waals surface area (Å²) in [6.07, 6.45) is -5.61. The second kappa shape index (κ2) is 9.82. The number of aromatic nitrogens is 1. The Morgan fingerprint density at radius 3 is 2.36 bits per heavy atom. The number of benzene rings is 1. The number of hydrogen-bond acceptors (Lipinski definition) is 12. The Morgan fingerprint density at radius 1 is 1.09 bits per heavy atom. The molecule has 6 N–H and O–H groups in total. The molecule has 0 radical (unpaired) electrons. The van der Waals surface area contributed by atoms with Crippen molar-refractivity contribution in [2.75, 3.05) is 6.61 Å². The van der Waals surface area contributed by atoms with Crippen molar-refractivity contribution in [3.63, 3.8) is 0 Å². The molecule has 5 unspecified atom stereocenters. The highest BCUT2D eigenvalue weighted by molar-refractivity contribution is 8.14. The lowest BCUT2D eigenvalue weighted by Crippen LogP contribution is -2.57. The predicted octanol–water partition coefficient (Wildman–Crippen LogP) is -1.50. The lowest BCUT2D eigenvalue weighted by atomic mass is 10.0. The highest BCUT2D eigenvalue weighted by Gasteiger charge is 2.44. The third-order valence-electron chi connectivity index (χ3n) is 4.68. The summed E-state index contributed by atoms with van der Waals surface area (Å²) in [6.45, 7) is -0.710. The third-order valence-corrected chi connectivity index (χ3v) is 6.86. The fourth-order valence-corrected chi connectivity index (χ4v) is 5.18. The van der Waals surface area contributed by atoms with Gasteiger partial charge in [-0.25, -0.2) is 8.26 Å². The fraction of sp³-hybridized carbons (Fsp3) is 0.438. The molecule has 1 saturated heterocycles. The number of aliphatic hydroxyl groups excluding tert-OH is 4. The minimum absolute atomic E-state index is 0.0999. The molecule has 0 spiro atoms. The van der Waals surface area contributed by atoms with Gasteiger partial charge in [-0.2, -0.15) is 16.8 Å². The molecule has 1 fully saturated rings. The Hall–Kier alpha value is -1.80. The zero-order valence-electron chi connectivity index (χ0n) is 16.4. The topological polar surface area (TPSA) is 225 Å². The molecule has 1 aromatic heterocycles. The Labute approximate surface area is 191 Å². The van der Waals surface area contributed by atoms with Gasteiger partial charge < -0.3 is 25.2 Å². The summed E-state index contributed by atoms with van der Waals surface area (Å²) in [4.78, 5) is 0. The van der Waals surface area contributed by atoms with Crippen LogP contribution in [0, 0.1) is 0 Å². The summed E-state index contributed by atoms with van der Waals surface area (Å²) >= 11 is 0.533. The highest BCUT2D eigenvalue weighted by atomic mass is 32.3. The second-order valence-corrected chi connectivity index (χ2v) is 10.4. The van der Waals surface area contributed by atoms with E-state index in [2.05, 4.69) is 9.44 Å². The number of thioether (sulfide) groups is 1. The van der Waals surface area contributed by atoms with Crippen LogP contribution < -0.4 is 0 Å². The van der Waals surface area contributed by atoms with Crippen LogP contribution >= 0.6 is 11.8 Å². The Balaban J connectivity index is 1.98. The quantitative estimate of drug-likeness (QED) is 0.104. The first-order valence-electron chi connectivity index (χ1n) is 9.09. The van der Waals surface area contributed by atoms with E-state index in [0.29, 0.717) is 21.1 Å². The molecule has 17 heteroatoms. The van der Waals surface area contributed by atoms with E-state index in [1.807, 2.05) is 0 Å². The van der Waals surface area contributed by atoms with Crippen molar-refractivity contribution in [1.29, 1.82) is 0 Å². The summed E-state index contributed by atoms with van der Waals surface area (Å²) in [7, 11) is -9.73. The number of para-hydroxylation sites is 1. The van der Waals surface area contributed by atoms with E-state index >= 15 is 0 Å². The van der Waals surface area contributed by atoms with Crippen LogP contribution in [0.4, 0.5) is 0 Å². The smallest absolute Gasteiger partial charge is 0.394 e. The monoisotopic (exact) mass is 528 g/mol. The van der Waals surface area contributed by atoms with Crippen LogP contribution in [0.2, 0.25) is 0 Å². The Morgan fingerprint density at radius 2 is 1.76 bits per heavy atom. The number of rotatable bonds is 7. The molecule has 2 heterocycles. The van der Waals surface area contributed by atoms with E-state index in [9.17, 15) is 41.8 Å². The van der Waals surface area contributed by atoms with Gasteiger partial charge in [0.05, 0.1) is 12.1 Å². The van der Waals surface area contributed by atoms with Crippen LogP contribution in [0.15, 0.2) is 35.6 Å². The first kappa shape index (κ1) is 25.8. The molecule has 184 valence electrons. The van der Waals surface area contributed by atoms with E-state index in [-0.39, 0.29) is 22.5 Å². The first-order chi connectivity index (χ1) is 15.3. The minimum atomic E-state index is -5.04. The lowest BCUT2D eigenvalue weighted by molar-refractivity contribution is -0.205. The molecule has 0 amide bonds. The van der Waals surface area contributed by atoms with Crippen LogP contribution in [-0.2, 0) is 36.1 Å². The summed E-state index contributed by atoms with van der Waals surface area (Å²) in [5.74, 6) is 0. The van der Waals surface area contributed by atoms with Crippen LogP contribution in [-0.4, -0.2) is 91.8 Å². The van der Waals surface area contributed by atoms with Crippen molar-refractivity contribution >= 4 is 48.4 Å². The number of aliphatic hydroxyl groups is 4. The molecule has 5 atom stereocenters. The molecule has 3 rings (SSSR count). The van der Waals surface area contributed by atoms with Gasteiger partial charge in [0.25, 0.3) is 0 Å². The van der Waals surface area contributed by atoms with Gasteiger partial charge in [-0.3, -0.25) is 9.11 Å². The van der Waals surface area contributed by atoms with Crippen molar-refractivity contribution in [3.8, 4) is 0 Å². The minimum Gasteiger partial charge on any atom is -0.394 e. The fourth-order valence-electron chi connectivity index (χ4n) is 3.20. The largest absolute Gasteiger partial charge is 0.466 e. The zero-order chi connectivity index (χ0) is 24.6. The van der Waals surface area contributed by atoms with Crippen molar-refractivity contribution < 1.29 is 55.4 Å². The van der Waals surface area contributed by atoms with Gasteiger partial charge in [-0.05, 0) is 11.6 Å². The maximum Gasteiger partial charge on any atom is 0.466 e.